The van der Waals surface area contributed by atoms with Gasteiger partial charge in [-0.3, -0.25) is 9.59 Å². The molecule has 126 valence electrons. The Morgan fingerprint density at radius 2 is 1.91 bits per heavy atom. The van der Waals surface area contributed by atoms with Crippen LogP contribution in [-0.4, -0.2) is 50.1 Å². The van der Waals surface area contributed by atoms with E-state index in [4.69, 9.17) is 16.3 Å². The largest absolute Gasteiger partial charge is 0.385 e. The quantitative estimate of drug-likeness (QED) is 0.810. The number of hydrogen-bond acceptors (Lipinski definition) is 3. The minimum absolute atomic E-state index is 0.000574. The van der Waals surface area contributed by atoms with E-state index in [0.29, 0.717) is 49.7 Å². The zero-order valence-electron chi connectivity index (χ0n) is 13.4. The molecule has 2 rings (SSSR count). The van der Waals surface area contributed by atoms with Gasteiger partial charge in [0.05, 0.1) is 0 Å². The molecule has 2 amide bonds. The zero-order valence-corrected chi connectivity index (χ0v) is 14.1. The molecule has 1 heterocycles. The van der Waals surface area contributed by atoms with Gasteiger partial charge in [-0.1, -0.05) is 11.6 Å². The molecule has 6 heteroatoms. The lowest BCUT2D eigenvalue weighted by Crippen LogP contribution is -2.43. The fraction of sp³-hybridized carbons (Fsp3) is 0.529. The van der Waals surface area contributed by atoms with Gasteiger partial charge in [-0.25, -0.2) is 0 Å². The number of hydrogen-bond donors (Lipinski definition) is 1. The molecule has 5 nitrogen and oxygen atoms in total. The van der Waals surface area contributed by atoms with Crippen LogP contribution in [0.2, 0.25) is 5.02 Å². The highest BCUT2D eigenvalue weighted by Crippen LogP contribution is 2.20. The minimum Gasteiger partial charge on any atom is -0.385 e. The van der Waals surface area contributed by atoms with E-state index in [2.05, 4.69) is 5.32 Å². The Balaban J connectivity index is 1.78. The summed E-state index contributed by atoms with van der Waals surface area (Å²) < 4.78 is 4.96. The van der Waals surface area contributed by atoms with E-state index in [-0.39, 0.29) is 17.7 Å². The molecule has 1 aromatic rings. The molecule has 1 saturated heterocycles. The first-order valence-electron chi connectivity index (χ1n) is 7.93. The summed E-state index contributed by atoms with van der Waals surface area (Å²) in [6.45, 7) is 2.50. The maximum Gasteiger partial charge on any atom is 0.253 e. The monoisotopic (exact) mass is 338 g/mol. The number of halogens is 1. The SMILES string of the molecule is COCCCNC(=O)C1CCN(C(=O)c2ccc(Cl)cc2)CC1. The Morgan fingerprint density at radius 1 is 1.26 bits per heavy atom. The summed E-state index contributed by atoms with van der Waals surface area (Å²) in [6, 6.07) is 6.91. The maximum atomic E-state index is 12.4. The van der Waals surface area contributed by atoms with Crippen LogP contribution in [0.5, 0.6) is 0 Å². The topological polar surface area (TPSA) is 58.6 Å². The van der Waals surface area contributed by atoms with E-state index in [9.17, 15) is 9.59 Å². The maximum absolute atomic E-state index is 12.4. The van der Waals surface area contributed by atoms with E-state index in [0.717, 1.165) is 6.42 Å². The van der Waals surface area contributed by atoms with Gasteiger partial charge in [0.1, 0.15) is 0 Å². The van der Waals surface area contributed by atoms with Gasteiger partial charge in [-0.2, -0.15) is 0 Å². The molecule has 1 N–H and O–H groups in total. The standard InChI is InChI=1S/C17H23ClN2O3/c1-23-12-2-9-19-16(21)13-7-10-20(11-8-13)17(22)14-3-5-15(18)6-4-14/h3-6,13H,2,7-12H2,1H3,(H,19,21). The van der Waals surface area contributed by atoms with Crippen molar-refractivity contribution in [3.8, 4) is 0 Å². The normalized spacial score (nSPS) is 15.5. The highest BCUT2D eigenvalue weighted by molar-refractivity contribution is 6.30. The van der Waals surface area contributed by atoms with E-state index in [1.165, 1.54) is 0 Å². The second-order valence-corrected chi connectivity index (χ2v) is 6.15. The number of piperidine rings is 1. The number of ether oxygens (including phenoxy) is 1. The molecule has 0 spiro atoms. The number of rotatable bonds is 6. The highest BCUT2D eigenvalue weighted by Gasteiger charge is 2.27. The molecule has 0 bridgehead atoms. The van der Waals surface area contributed by atoms with Gasteiger partial charge < -0.3 is 15.0 Å². The van der Waals surface area contributed by atoms with Crippen molar-refractivity contribution in [1.82, 2.24) is 10.2 Å². The molecule has 0 unspecified atom stereocenters. The van der Waals surface area contributed by atoms with E-state index >= 15 is 0 Å². The van der Waals surface area contributed by atoms with Gasteiger partial charge in [0, 0.05) is 49.9 Å². The van der Waals surface area contributed by atoms with Gasteiger partial charge in [0.25, 0.3) is 5.91 Å². The van der Waals surface area contributed by atoms with Crippen LogP contribution in [0.15, 0.2) is 24.3 Å². The van der Waals surface area contributed by atoms with Gasteiger partial charge >= 0.3 is 0 Å². The van der Waals surface area contributed by atoms with Gasteiger partial charge in [-0.15, -0.1) is 0 Å². The third-order valence-electron chi connectivity index (χ3n) is 4.07. The lowest BCUT2D eigenvalue weighted by atomic mass is 9.95. The predicted octanol–water partition coefficient (Wildman–Crippen LogP) is 2.34. The van der Waals surface area contributed by atoms with Crippen molar-refractivity contribution in [1.29, 1.82) is 0 Å². The van der Waals surface area contributed by atoms with Gasteiger partial charge in [0.2, 0.25) is 5.91 Å². The van der Waals surface area contributed by atoms with Crippen LogP contribution in [0.3, 0.4) is 0 Å². The molecular weight excluding hydrogens is 316 g/mol. The minimum atomic E-state index is -0.00758. The van der Waals surface area contributed by atoms with Crippen LogP contribution in [0.4, 0.5) is 0 Å². The number of carbonyl (C=O) groups is 2. The highest BCUT2D eigenvalue weighted by atomic mass is 35.5. The second-order valence-electron chi connectivity index (χ2n) is 5.71. The lowest BCUT2D eigenvalue weighted by Gasteiger charge is -2.31. The summed E-state index contributed by atoms with van der Waals surface area (Å²) in [4.78, 5) is 26.3. The summed E-state index contributed by atoms with van der Waals surface area (Å²) in [5.41, 5.74) is 0.636. The van der Waals surface area contributed by atoms with Crippen LogP contribution in [-0.2, 0) is 9.53 Å². The molecule has 1 aliphatic heterocycles. The first-order chi connectivity index (χ1) is 11.1. The Bertz CT molecular complexity index is 525. The van der Waals surface area contributed by atoms with Crippen LogP contribution in [0, 0.1) is 5.92 Å². The Hall–Kier alpha value is -1.59. The Labute approximate surface area is 141 Å². The first kappa shape index (κ1) is 17.8. The summed E-state index contributed by atoms with van der Waals surface area (Å²) >= 11 is 5.84. The molecule has 0 atom stereocenters. The third-order valence-corrected chi connectivity index (χ3v) is 4.32. The smallest absolute Gasteiger partial charge is 0.253 e. The summed E-state index contributed by atoms with van der Waals surface area (Å²) in [5, 5.41) is 3.55. The van der Waals surface area contributed by atoms with Crippen molar-refractivity contribution < 1.29 is 14.3 Å². The number of amides is 2. The molecule has 0 aliphatic carbocycles. The predicted molar refractivity (Wildman–Crippen MR) is 89.6 cm³/mol. The fourth-order valence-corrected chi connectivity index (χ4v) is 2.82. The molecule has 0 radical (unpaired) electrons. The molecule has 1 fully saturated rings. The number of nitrogens with one attached hydrogen (secondary N) is 1. The van der Waals surface area contributed by atoms with Crippen molar-refractivity contribution >= 4 is 23.4 Å². The van der Waals surface area contributed by atoms with Gasteiger partial charge in [0.15, 0.2) is 0 Å². The van der Waals surface area contributed by atoms with Crippen LogP contribution in [0.1, 0.15) is 29.6 Å². The van der Waals surface area contributed by atoms with Crippen molar-refractivity contribution in [2.24, 2.45) is 5.92 Å². The average Bonchev–Trinajstić information content (AvgIpc) is 2.59. The number of carbonyl (C=O) groups excluding carboxylic acids is 2. The average molecular weight is 339 g/mol. The lowest BCUT2D eigenvalue weighted by molar-refractivity contribution is -0.126. The zero-order chi connectivity index (χ0) is 16.7. The molecular formula is C17H23ClN2O3. The van der Waals surface area contributed by atoms with E-state index in [1.54, 1.807) is 36.3 Å². The molecule has 23 heavy (non-hydrogen) atoms. The number of likely N-dealkylation sites (tertiary alicyclic amines) is 1. The van der Waals surface area contributed by atoms with Crippen LogP contribution >= 0.6 is 11.6 Å². The van der Waals surface area contributed by atoms with Crippen molar-refractivity contribution in [2.45, 2.75) is 19.3 Å². The van der Waals surface area contributed by atoms with Crippen LogP contribution in [0.25, 0.3) is 0 Å². The third kappa shape index (κ3) is 5.22. The van der Waals surface area contributed by atoms with Crippen molar-refractivity contribution in [2.75, 3.05) is 33.4 Å². The summed E-state index contributed by atoms with van der Waals surface area (Å²) in [7, 11) is 1.65. The molecule has 0 saturated carbocycles. The fourth-order valence-electron chi connectivity index (χ4n) is 2.69. The summed E-state index contributed by atoms with van der Waals surface area (Å²) in [5.74, 6) is 0.0760. The second kappa shape index (κ2) is 8.89. The van der Waals surface area contributed by atoms with Crippen molar-refractivity contribution in [3.63, 3.8) is 0 Å². The first-order valence-corrected chi connectivity index (χ1v) is 8.31. The molecule has 1 aliphatic rings. The molecule has 0 aromatic heterocycles. The molecule has 1 aromatic carbocycles. The van der Waals surface area contributed by atoms with Gasteiger partial charge in [-0.05, 0) is 43.5 Å². The van der Waals surface area contributed by atoms with Crippen LogP contribution < -0.4 is 5.32 Å². The van der Waals surface area contributed by atoms with E-state index < -0.39 is 0 Å². The van der Waals surface area contributed by atoms with Crippen molar-refractivity contribution in [3.05, 3.63) is 34.9 Å². The Morgan fingerprint density at radius 3 is 2.52 bits per heavy atom. The number of nitrogens with zero attached hydrogens (tertiary/aromatic N) is 1. The number of benzene rings is 1. The Kier molecular flexibility index (Phi) is 6.86. The summed E-state index contributed by atoms with van der Waals surface area (Å²) in [6.07, 6.45) is 2.22. The van der Waals surface area contributed by atoms with E-state index in [1.807, 2.05) is 0 Å². The number of methoxy groups -OCH3 is 1.